The lowest BCUT2D eigenvalue weighted by Gasteiger charge is -2.37. The number of hydrogen-bond acceptors (Lipinski definition) is 4. The van der Waals surface area contributed by atoms with Gasteiger partial charge >= 0.3 is 0 Å². The van der Waals surface area contributed by atoms with Crippen LogP contribution in [0.5, 0.6) is 11.5 Å². The Hall–Kier alpha value is -1.75. The number of amides is 1. The molecule has 5 heteroatoms. The van der Waals surface area contributed by atoms with Crippen LogP contribution in [0.2, 0.25) is 0 Å². The number of benzene rings is 1. The summed E-state index contributed by atoms with van der Waals surface area (Å²) in [5, 5.41) is 0. The molecule has 0 spiro atoms. The fraction of sp³-hybridized carbons (Fsp3) is 0.588. The van der Waals surface area contributed by atoms with Gasteiger partial charge in [-0.15, -0.1) is 0 Å². The number of piperazine rings is 1. The molecular formula is C17H26N2O3. The van der Waals surface area contributed by atoms with Gasteiger partial charge in [0.1, 0.15) is 11.5 Å². The van der Waals surface area contributed by atoms with E-state index in [0.29, 0.717) is 23.1 Å². The number of hydrogen-bond donors (Lipinski definition) is 0. The standard InChI is InChI=1S/C17H26N2O3/c1-5-13(2)18-6-8-19(9-7-18)17(20)14-10-15(21-3)12-16(11-14)22-4/h10-13H,5-9H2,1-4H3/t13-/m1/s1. The molecule has 22 heavy (non-hydrogen) atoms. The molecule has 0 radical (unpaired) electrons. The van der Waals surface area contributed by atoms with Crippen LogP contribution in [-0.4, -0.2) is 62.1 Å². The summed E-state index contributed by atoms with van der Waals surface area (Å²) in [6, 6.07) is 5.89. The van der Waals surface area contributed by atoms with Gasteiger partial charge in [0.2, 0.25) is 0 Å². The van der Waals surface area contributed by atoms with Crippen LogP contribution in [0.1, 0.15) is 30.6 Å². The van der Waals surface area contributed by atoms with Crippen molar-refractivity contribution < 1.29 is 14.3 Å². The molecule has 0 unspecified atom stereocenters. The normalized spacial score (nSPS) is 17.2. The van der Waals surface area contributed by atoms with Crippen molar-refractivity contribution in [2.45, 2.75) is 26.3 Å². The van der Waals surface area contributed by atoms with Gasteiger partial charge < -0.3 is 14.4 Å². The Labute approximate surface area is 132 Å². The highest BCUT2D eigenvalue weighted by Gasteiger charge is 2.24. The lowest BCUT2D eigenvalue weighted by molar-refractivity contribution is 0.0579. The SMILES string of the molecule is CC[C@@H](C)N1CCN(C(=O)c2cc(OC)cc(OC)c2)CC1. The Morgan fingerprint density at radius 3 is 2.09 bits per heavy atom. The van der Waals surface area contributed by atoms with Crippen LogP contribution in [-0.2, 0) is 0 Å². The monoisotopic (exact) mass is 306 g/mol. The zero-order valence-electron chi connectivity index (χ0n) is 14.0. The number of methoxy groups -OCH3 is 2. The summed E-state index contributed by atoms with van der Waals surface area (Å²) in [6.45, 7) is 7.84. The van der Waals surface area contributed by atoms with Gasteiger partial charge in [-0.2, -0.15) is 0 Å². The number of carbonyl (C=O) groups excluding carboxylic acids is 1. The van der Waals surface area contributed by atoms with Crippen molar-refractivity contribution in [3.63, 3.8) is 0 Å². The minimum Gasteiger partial charge on any atom is -0.497 e. The van der Waals surface area contributed by atoms with E-state index in [2.05, 4.69) is 18.7 Å². The van der Waals surface area contributed by atoms with Gasteiger partial charge in [-0.25, -0.2) is 0 Å². The van der Waals surface area contributed by atoms with E-state index in [4.69, 9.17) is 9.47 Å². The summed E-state index contributed by atoms with van der Waals surface area (Å²) in [5.74, 6) is 1.32. The fourth-order valence-corrected chi connectivity index (χ4v) is 2.74. The first kappa shape index (κ1) is 16.6. The van der Waals surface area contributed by atoms with Crippen LogP contribution in [0.3, 0.4) is 0 Å². The van der Waals surface area contributed by atoms with Gasteiger partial charge in [0, 0.05) is 43.9 Å². The number of ether oxygens (including phenoxy) is 2. The maximum absolute atomic E-state index is 12.7. The predicted molar refractivity (Wildman–Crippen MR) is 86.8 cm³/mol. The molecule has 1 fully saturated rings. The predicted octanol–water partition coefficient (Wildman–Crippen LogP) is 2.26. The number of rotatable bonds is 5. The lowest BCUT2D eigenvalue weighted by Crippen LogP contribution is -2.51. The van der Waals surface area contributed by atoms with E-state index in [-0.39, 0.29) is 5.91 Å². The molecule has 1 amide bonds. The average Bonchev–Trinajstić information content (AvgIpc) is 2.59. The molecule has 1 saturated heterocycles. The molecule has 1 atom stereocenters. The Kier molecular flexibility index (Phi) is 5.66. The van der Waals surface area contributed by atoms with E-state index in [0.717, 1.165) is 32.6 Å². The summed E-state index contributed by atoms with van der Waals surface area (Å²) in [7, 11) is 3.18. The van der Waals surface area contributed by atoms with Gasteiger partial charge in [-0.1, -0.05) is 6.92 Å². The quantitative estimate of drug-likeness (QED) is 0.837. The van der Waals surface area contributed by atoms with Gasteiger partial charge in [-0.3, -0.25) is 9.69 Å². The van der Waals surface area contributed by atoms with Gasteiger partial charge in [0.05, 0.1) is 14.2 Å². The van der Waals surface area contributed by atoms with Crippen molar-refractivity contribution in [1.82, 2.24) is 9.80 Å². The number of carbonyl (C=O) groups is 1. The van der Waals surface area contributed by atoms with Crippen molar-refractivity contribution in [3.8, 4) is 11.5 Å². The third-order valence-electron chi connectivity index (χ3n) is 4.41. The highest BCUT2D eigenvalue weighted by atomic mass is 16.5. The van der Waals surface area contributed by atoms with Crippen LogP contribution < -0.4 is 9.47 Å². The molecule has 1 heterocycles. The van der Waals surface area contributed by atoms with Crippen LogP contribution in [0, 0.1) is 0 Å². The minimum atomic E-state index is 0.0426. The third-order valence-corrected chi connectivity index (χ3v) is 4.41. The first-order valence-electron chi connectivity index (χ1n) is 7.85. The second-order valence-electron chi connectivity index (χ2n) is 5.69. The van der Waals surface area contributed by atoms with E-state index >= 15 is 0 Å². The van der Waals surface area contributed by atoms with E-state index in [1.807, 2.05) is 4.90 Å². The van der Waals surface area contributed by atoms with Crippen molar-refractivity contribution in [2.24, 2.45) is 0 Å². The minimum absolute atomic E-state index is 0.0426. The molecule has 1 aliphatic rings. The molecule has 2 rings (SSSR count). The second-order valence-corrected chi connectivity index (χ2v) is 5.69. The Morgan fingerprint density at radius 2 is 1.64 bits per heavy atom. The topological polar surface area (TPSA) is 42.0 Å². The maximum Gasteiger partial charge on any atom is 0.254 e. The first-order valence-corrected chi connectivity index (χ1v) is 7.85. The van der Waals surface area contributed by atoms with Crippen LogP contribution in [0.15, 0.2) is 18.2 Å². The summed E-state index contributed by atoms with van der Waals surface area (Å²) in [4.78, 5) is 17.0. The van der Waals surface area contributed by atoms with Gasteiger partial charge in [0.25, 0.3) is 5.91 Å². The van der Waals surface area contributed by atoms with Gasteiger partial charge in [0.15, 0.2) is 0 Å². The number of nitrogens with zero attached hydrogens (tertiary/aromatic N) is 2. The van der Waals surface area contributed by atoms with Gasteiger partial charge in [-0.05, 0) is 25.5 Å². The molecule has 122 valence electrons. The fourth-order valence-electron chi connectivity index (χ4n) is 2.74. The molecule has 0 saturated carbocycles. The van der Waals surface area contributed by atoms with Crippen LogP contribution >= 0.6 is 0 Å². The second kappa shape index (κ2) is 7.49. The largest absolute Gasteiger partial charge is 0.497 e. The van der Waals surface area contributed by atoms with Crippen molar-refractivity contribution >= 4 is 5.91 Å². The molecule has 0 aromatic heterocycles. The van der Waals surface area contributed by atoms with E-state index in [1.165, 1.54) is 0 Å². The van der Waals surface area contributed by atoms with E-state index in [9.17, 15) is 4.79 Å². The zero-order chi connectivity index (χ0) is 16.1. The Balaban J connectivity index is 2.06. The van der Waals surface area contributed by atoms with Crippen LogP contribution in [0.4, 0.5) is 0 Å². The summed E-state index contributed by atoms with van der Waals surface area (Å²) in [5.41, 5.74) is 0.619. The Morgan fingerprint density at radius 1 is 1.09 bits per heavy atom. The van der Waals surface area contributed by atoms with Crippen molar-refractivity contribution in [1.29, 1.82) is 0 Å². The lowest BCUT2D eigenvalue weighted by atomic mass is 10.1. The summed E-state index contributed by atoms with van der Waals surface area (Å²) < 4.78 is 10.5. The smallest absolute Gasteiger partial charge is 0.254 e. The molecule has 1 aromatic carbocycles. The third kappa shape index (κ3) is 3.71. The maximum atomic E-state index is 12.7. The first-order chi connectivity index (χ1) is 10.6. The zero-order valence-corrected chi connectivity index (χ0v) is 14.0. The molecule has 5 nitrogen and oxygen atoms in total. The highest BCUT2D eigenvalue weighted by Crippen LogP contribution is 2.24. The van der Waals surface area contributed by atoms with Crippen molar-refractivity contribution in [2.75, 3.05) is 40.4 Å². The Bertz CT molecular complexity index is 488. The molecule has 0 aliphatic carbocycles. The van der Waals surface area contributed by atoms with Crippen molar-refractivity contribution in [3.05, 3.63) is 23.8 Å². The molecule has 1 aromatic rings. The summed E-state index contributed by atoms with van der Waals surface area (Å²) >= 11 is 0. The van der Waals surface area contributed by atoms with E-state index < -0.39 is 0 Å². The molecule has 1 aliphatic heterocycles. The van der Waals surface area contributed by atoms with E-state index in [1.54, 1.807) is 32.4 Å². The molecular weight excluding hydrogens is 280 g/mol. The van der Waals surface area contributed by atoms with Crippen LogP contribution in [0.25, 0.3) is 0 Å². The highest BCUT2D eigenvalue weighted by molar-refractivity contribution is 5.95. The molecule has 0 N–H and O–H groups in total. The summed E-state index contributed by atoms with van der Waals surface area (Å²) in [6.07, 6.45) is 1.14. The molecule has 0 bridgehead atoms. The average molecular weight is 306 g/mol.